The van der Waals surface area contributed by atoms with Crippen LogP contribution in [-0.2, 0) is 4.74 Å². The van der Waals surface area contributed by atoms with Crippen LogP contribution in [0.15, 0.2) is 42.6 Å². The standard InChI is InChI=1S/C19H20N2O3/c22-19-15(12-21-7-9-23-10-8-21)13-24-18-5-4-14(11-16(18)19)17-3-1-2-6-20-17/h1-6,11,15H,7-10,12-13H2. The number of rotatable bonds is 3. The Kier molecular flexibility index (Phi) is 4.28. The van der Waals surface area contributed by atoms with E-state index in [0.29, 0.717) is 17.9 Å². The van der Waals surface area contributed by atoms with Crippen LogP contribution in [0, 0.1) is 5.92 Å². The summed E-state index contributed by atoms with van der Waals surface area (Å²) in [5.74, 6) is 0.730. The zero-order valence-electron chi connectivity index (χ0n) is 13.5. The summed E-state index contributed by atoms with van der Waals surface area (Å²) in [5, 5.41) is 0. The summed E-state index contributed by atoms with van der Waals surface area (Å²) in [6.45, 7) is 4.42. The van der Waals surface area contributed by atoms with E-state index in [4.69, 9.17) is 9.47 Å². The molecule has 2 aliphatic heterocycles. The van der Waals surface area contributed by atoms with Gasteiger partial charge in [0.1, 0.15) is 5.75 Å². The second-order valence-electron chi connectivity index (χ2n) is 6.21. The first-order valence-corrected chi connectivity index (χ1v) is 8.34. The molecule has 0 bridgehead atoms. The third-order valence-corrected chi connectivity index (χ3v) is 4.60. The molecule has 1 atom stereocenters. The minimum absolute atomic E-state index is 0.116. The zero-order chi connectivity index (χ0) is 16.4. The molecule has 1 aromatic heterocycles. The Labute approximate surface area is 141 Å². The number of ketones is 1. The molecule has 1 saturated heterocycles. The molecule has 0 saturated carbocycles. The lowest BCUT2D eigenvalue weighted by Gasteiger charge is -2.32. The van der Waals surface area contributed by atoms with E-state index in [-0.39, 0.29) is 11.7 Å². The molecule has 0 spiro atoms. The van der Waals surface area contributed by atoms with Crippen LogP contribution < -0.4 is 4.74 Å². The lowest BCUT2D eigenvalue weighted by molar-refractivity contribution is 0.0250. The van der Waals surface area contributed by atoms with E-state index < -0.39 is 0 Å². The van der Waals surface area contributed by atoms with Crippen LogP contribution in [0.1, 0.15) is 10.4 Å². The Hall–Kier alpha value is -2.24. The van der Waals surface area contributed by atoms with Crippen LogP contribution in [0.4, 0.5) is 0 Å². The van der Waals surface area contributed by atoms with Crippen molar-refractivity contribution in [2.24, 2.45) is 5.92 Å². The molecule has 1 fully saturated rings. The van der Waals surface area contributed by atoms with Crippen molar-refractivity contribution in [2.75, 3.05) is 39.5 Å². The van der Waals surface area contributed by atoms with Gasteiger partial charge in [0, 0.05) is 31.4 Å². The van der Waals surface area contributed by atoms with Gasteiger partial charge in [0.05, 0.1) is 37.0 Å². The van der Waals surface area contributed by atoms with Crippen LogP contribution >= 0.6 is 0 Å². The van der Waals surface area contributed by atoms with Crippen molar-refractivity contribution in [1.29, 1.82) is 0 Å². The van der Waals surface area contributed by atoms with Crippen molar-refractivity contribution in [1.82, 2.24) is 9.88 Å². The Balaban J connectivity index is 1.56. The quantitative estimate of drug-likeness (QED) is 0.867. The van der Waals surface area contributed by atoms with Gasteiger partial charge in [-0.2, -0.15) is 0 Å². The van der Waals surface area contributed by atoms with Gasteiger partial charge in [-0.25, -0.2) is 0 Å². The Morgan fingerprint density at radius 2 is 2.04 bits per heavy atom. The number of benzene rings is 1. The number of morpholine rings is 1. The molecule has 0 aliphatic carbocycles. The van der Waals surface area contributed by atoms with Gasteiger partial charge in [0.15, 0.2) is 5.78 Å². The Morgan fingerprint density at radius 1 is 1.17 bits per heavy atom. The molecule has 2 aromatic rings. The molecule has 1 unspecified atom stereocenters. The van der Waals surface area contributed by atoms with Gasteiger partial charge in [-0.15, -0.1) is 0 Å². The summed E-state index contributed by atoms with van der Waals surface area (Å²) in [6.07, 6.45) is 1.76. The fraction of sp³-hybridized carbons (Fsp3) is 0.368. The van der Waals surface area contributed by atoms with Gasteiger partial charge >= 0.3 is 0 Å². The average Bonchev–Trinajstić information content (AvgIpc) is 2.65. The number of carbonyl (C=O) groups is 1. The predicted molar refractivity (Wildman–Crippen MR) is 90.2 cm³/mol. The molecule has 24 heavy (non-hydrogen) atoms. The van der Waals surface area contributed by atoms with Gasteiger partial charge in [0.2, 0.25) is 0 Å². The Morgan fingerprint density at radius 3 is 2.83 bits per heavy atom. The summed E-state index contributed by atoms with van der Waals surface area (Å²) in [7, 11) is 0. The fourth-order valence-electron chi connectivity index (χ4n) is 3.26. The van der Waals surface area contributed by atoms with Crippen molar-refractivity contribution in [3.05, 3.63) is 48.2 Å². The van der Waals surface area contributed by atoms with E-state index in [1.165, 1.54) is 0 Å². The third-order valence-electron chi connectivity index (χ3n) is 4.60. The van der Waals surface area contributed by atoms with Gasteiger partial charge in [0.25, 0.3) is 0 Å². The molecule has 5 nitrogen and oxygen atoms in total. The lowest BCUT2D eigenvalue weighted by atomic mass is 9.92. The minimum Gasteiger partial charge on any atom is -0.492 e. The highest BCUT2D eigenvalue weighted by Crippen LogP contribution is 2.31. The highest BCUT2D eigenvalue weighted by molar-refractivity contribution is 6.02. The van der Waals surface area contributed by atoms with E-state index in [9.17, 15) is 4.79 Å². The second-order valence-corrected chi connectivity index (χ2v) is 6.21. The van der Waals surface area contributed by atoms with Crippen LogP contribution in [0.5, 0.6) is 5.75 Å². The van der Waals surface area contributed by atoms with Crippen LogP contribution in [0.3, 0.4) is 0 Å². The number of aromatic nitrogens is 1. The summed E-state index contributed by atoms with van der Waals surface area (Å²) in [5.41, 5.74) is 2.48. The van der Waals surface area contributed by atoms with Crippen LogP contribution in [-0.4, -0.2) is 55.1 Å². The summed E-state index contributed by atoms with van der Waals surface area (Å²) in [4.78, 5) is 19.6. The first-order chi connectivity index (χ1) is 11.8. The SMILES string of the molecule is O=C1c2cc(-c3ccccn3)ccc2OCC1CN1CCOCC1. The van der Waals surface area contributed by atoms with Crippen molar-refractivity contribution >= 4 is 5.78 Å². The third kappa shape index (κ3) is 3.05. The number of ether oxygens (including phenoxy) is 2. The maximum absolute atomic E-state index is 12.9. The zero-order valence-corrected chi connectivity index (χ0v) is 13.5. The molecule has 4 rings (SSSR count). The number of fused-ring (bicyclic) bond motifs is 1. The number of carbonyl (C=O) groups excluding carboxylic acids is 1. The maximum atomic E-state index is 12.9. The molecule has 1 aromatic carbocycles. The second kappa shape index (κ2) is 6.71. The van der Waals surface area contributed by atoms with Crippen molar-refractivity contribution in [2.45, 2.75) is 0 Å². The van der Waals surface area contributed by atoms with Crippen LogP contribution in [0.2, 0.25) is 0 Å². The fourth-order valence-corrected chi connectivity index (χ4v) is 3.26. The molecule has 0 amide bonds. The normalized spacial score (nSPS) is 21.2. The van der Waals surface area contributed by atoms with E-state index in [2.05, 4.69) is 9.88 Å². The average molecular weight is 324 g/mol. The molecule has 5 heteroatoms. The highest BCUT2D eigenvalue weighted by atomic mass is 16.5. The predicted octanol–water partition coefficient (Wildman–Crippen LogP) is 2.27. The Bertz CT molecular complexity index is 727. The van der Waals surface area contributed by atoms with E-state index >= 15 is 0 Å². The molecular weight excluding hydrogens is 304 g/mol. The summed E-state index contributed by atoms with van der Waals surface area (Å²) in [6, 6.07) is 11.5. The monoisotopic (exact) mass is 324 g/mol. The van der Waals surface area contributed by atoms with Gasteiger partial charge in [-0.05, 0) is 30.3 Å². The van der Waals surface area contributed by atoms with E-state index in [1.807, 2.05) is 36.4 Å². The van der Waals surface area contributed by atoms with E-state index in [1.54, 1.807) is 6.20 Å². The molecule has 3 heterocycles. The smallest absolute Gasteiger partial charge is 0.174 e. The van der Waals surface area contributed by atoms with Gasteiger partial charge in [-0.3, -0.25) is 14.7 Å². The van der Waals surface area contributed by atoms with Gasteiger partial charge < -0.3 is 9.47 Å². The van der Waals surface area contributed by atoms with Gasteiger partial charge in [-0.1, -0.05) is 6.07 Å². The topological polar surface area (TPSA) is 51.7 Å². The molecular formula is C19H20N2O3. The lowest BCUT2D eigenvalue weighted by Crippen LogP contribution is -2.43. The number of pyridine rings is 1. The number of hydrogen-bond donors (Lipinski definition) is 0. The number of nitrogens with zero attached hydrogens (tertiary/aromatic N) is 2. The molecule has 124 valence electrons. The summed E-state index contributed by atoms with van der Waals surface area (Å²) >= 11 is 0. The molecule has 0 N–H and O–H groups in total. The van der Waals surface area contributed by atoms with Crippen molar-refractivity contribution in [3.63, 3.8) is 0 Å². The summed E-state index contributed by atoms with van der Waals surface area (Å²) < 4.78 is 11.2. The van der Waals surface area contributed by atoms with Crippen molar-refractivity contribution < 1.29 is 14.3 Å². The first-order valence-electron chi connectivity index (χ1n) is 8.34. The number of Topliss-reactive ketones (excluding diaryl/α,β-unsaturated/α-hetero) is 1. The van der Waals surface area contributed by atoms with Crippen molar-refractivity contribution in [3.8, 4) is 17.0 Å². The molecule has 0 radical (unpaired) electrons. The van der Waals surface area contributed by atoms with E-state index in [0.717, 1.165) is 44.1 Å². The number of hydrogen-bond acceptors (Lipinski definition) is 5. The minimum atomic E-state index is -0.116. The highest BCUT2D eigenvalue weighted by Gasteiger charge is 2.31. The first kappa shape index (κ1) is 15.3. The molecule has 2 aliphatic rings. The largest absolute Gasteiger partial charge is 0.492 e. The van der Waals surface area contributed by atoms with Crippen LogP contribution in [0.25, 0.3) is 11.3 Å². The maximum Gasteiger partial charge on any atom is 0.174 e.